The number of carbonyl (C=O) groups excluding carboxylic acids is 4. The van der Waals surface area contributed by atoms with Crippen molar-refractivity contribution in [2.24, 2.45) is 11.8 Å². The van der Waals surface area contributed by atoms with Crippen LogP contribution in [-0.2, 0) is 105 Å². The van der Waals surface area contributed by atoms with Crippen LogP contribution in [0, 0.1) is 113 Å². The van der Waals surface area contributed by atoms with Crippen LogP contribution in [0.25, 0.3) is 45.3 Å². The molecule has 4 aromatic carbocycles. The molecule has 0 bridgehead atoms. The number of rotatable bonds is 35. The lowest BCUT2D eigenvalue weighted by molar-refractivity contribution is -0.0217. The Morgan fingerprint density at radius 1 is 0.351 bits per heavy atom. The smallest absolute Gasteiger partial charge is 0.454 e. The number of benzene rings is 4. The molecule has 4 heterocycles. The van der Waals surface area contributed by atoms with Gasteiger partial charge in [-0.1, -0.05) is 228 Å². The van der Waals surface area contributed by atoms with Gasteiger partial charge in [0.25, 0.3) is 0 Å². The number of ether oxygens (including phenoxy) is 12. The molecule has 0 aliphatic carbocycles. The van der Waals surface area contributed by atoms with Gasteiger partial charge in [-0.2, -0.15) is 41.4 Å². The Labute approximate surface area is 799 Å². The van der Waals surface area contributed by atoms with Gasteiger partial charge in [0.2, 0.25) is 27.2 Å². The molecule has 4 aromatic heterocycles. The van der Waals surface area contributed by atoms with Crippen molar-refractivity contribution in [3.05, 3.63) is 209 Å². The Hall–Kier alpha value is -12.8. The second kappa shape index (κ2) is 52.6. The van der Waals surface area contributed by atoms with Crippen LogP contribution in [0.1, 0.15) is 290 Å². The first-order valence-electron chi connectivity index (χ1n) is 45.7. The number of aryl methyl sites for hydroxylation is 8. The molecule has 134 heavy (non-hydrogen) atoms. The third kappa shape index (κ3) is 32.3. The minimum atomic E-state index is -0.894. The van der Waals surface area contributed by atoms with E-state index in [9.17, 15) is 40.2 Å². The summed E-state index contributed by atoms with van der Waals surface area (Å²) < 4.78 is 71.5. The molecule has 0 aliphatic rings. The normalized spacial score (nSPS) is 12.6. The summed E-state index contributed by atoms with van der Waals surface area (Å²) in [6.45, 7) is 62.2. The molecule has 0 radical (unpaired) electrons. The number of alkyl halides is 1. The van der Waals surface area contributed by atoms with Crippen molar-refractivity contribution in [3.8, 4) is 24.3 Å². The standard InChI is InChI=1S/3C27H37N3O4.C24H30ClN3O4/c1-9-30-24(19(4)20(5)29-30)25(33-17-34-26(31)32-15-14-18(2)3)23(16-28)21-10-12-22(13-11-21)27(6,7)8;1-9-18(3)16-32-26(31)34-17-33-25(24-19(4)20(5)29-30(24)10-2)23(15-28)21-11-13-22(14-12-21)27(6,7)8;1-9-11-18(3)34-26(31)33-17-32-25(24-19(4)20(5)29-30(24)10-2)23(16-28)21-12-14-22(15-13-21)27(6,7)8;1-7-28-21(16(2)17(3)27-28)22(31-15-32-23(29)30-13-12-25)20(14-26)18-8-10-19(11-9-18)24(4,5)6/h10-13,18H,9,14-15,17H2,1-8H3;11-14,18H,9-10,16-17H2,1-8H3;12-15,18H,9-11,17H2,1-8H3;8-11H,7,12-13,15H2,1-6H3/b3*25-23-;22-20-. The number of hydrogen-bond donors (Lipinski definition) is 0. The molecule has 8 aromatic rings. The molecule has 0 aliphatic heterocycles. The average Bonchev–Trinajstić information content (AvgIpc) is 1.64. The number of nitriles is 4. The van der Waals surface area contributed by atoms with Crippen molar-refractivity contribution in [1.29, 1.82) is 21.0 Å². The predicted molar refractivity (Wildman–Crippen MR) is 522 cm³/mol. The van der Waals surface area contributed by atoms with Crippen molar-refractivity contribution in [2.75, 3.05) is 52.9 Å². The summed E-state index contributed by atoms with van der Waals surface area (Å²) in [5.74, 6) is 2.08. The molecule has 0 amide bonds. The summed E-state index contributed by atoms with van der Waals surface area (Å²) in [7, 11) is 0. The maximum Gasteiger partial charge on any atom is 0.511 e. The van der Waals surface area contributed by atoms with Gasteiger partial charge < -0.3 is 56.8 Å². The van der Waals surface area contributed by atoms with Crippen LogP contribution in [0.3, 0.4) is 0 Å². The van der Waals surface area contributed by atoms with Crippen molar-refractivity contribution in [1.82, 2.24) is 39.1 Å². The highest BCUT2D eigenvalue weighted by molar-refractivity contribution is 6.18. The van der Waals surface area contributed by atoms with Crippen molar-refractivity contribution < 1.29 is 76.0 Å². The van der Waals surface area contributed by atoms with E-state index in [1.807, 2.05) is 222 Å². The zero-order chi connectivity index (χ0) is 100. The number of hydrogen-bond acceptors (Lipinski definition) is 24. The van der Waals surface area contributed by atoms with Crippen LogP contribution < -0.4 is 0 Å². The highest BCUT2D eigenvalue weighted by Crippen LogP contribution is 2.39. The van der Waals surface area contributed by atoms with Gasteiger partial charge in [0.1, 0.15) is 82.1 Å². The highest BCUT2D eigenvalue weighted by atomic mass is 35.5. The van der Waals surface area contributed by atoms with E-state index < -0.39 is 31.4 Å². The van der Waals surface area contributed by atoms with E-state index in [0.717, 1.165) is 93.0 Å². The van der Waals surface area contributed by atoms with E-state index in [2.05, 4.69) is 128 Å². The van der Waals surface area contributed by atoms with Crippen LogP contribution in [-0.4, -0.2) is 123 Å². The van der Waals surface area contributed by atoms with E-state index >= 15 is 0 Å². The first-order chi connectivity index (χ1) is 63.2. The van der Waals surface area contributed by atoms with Gasteiger partial charge in [-0.25, -0.2) is 19.2 Å². The lowest BCUT2D eigenvalue weighted by Crippen LogP contribution is -2.17. The second-order valence-corrected chi connectivity index (χ2v) is 37.2. The van der Waals surface area contributed by atoms with E-state index in [0.29, 0.717) is 122 Å². The summed E-state index contributed by atoms with van der Waals surface area (Å²) in [6.07, 6.45) is -0.242. The van der Waals surface area contributed by atoms with Gasteiger partial charge in [0, 0.05) is 48.4 Å². The van der Waals surface area contributed by atoms with Crippen molar-refractivity contribution >= 4 is 81.6 Å². The monoisotopic (exact) mass is 1860 g/mol. The van der Waals surface area contributed by atoms with Gasteiger partial charge >= 0.3 is 24.6 Å². The van der Waals surface area contributed by atoms with E-state index in [4.69, 9.17) is 68.4 Å². The van der Waals surface area contributed by atoms with Gasteiger partial charge in [0.05, 0.1) is 41.9 Å². The summed E-state index contributed by atoms with van der Waals surface area (Å²) in [5, 5.41) is 58.7. The topological polar surface area (TPSA) is 345 Å². The van der Waals surface area contributed by atoms with Crippen molar-refractivity contribution in [2.45, 2.75) is 287 Å². The maximum atomic E-state index is 12.1. The summed E-state index contributed by atoms with van der Waals surface area (Å²) in [6, 6.07) is 40.5. The van der Waals surface area contributed by atoms with Crippen LogP contribution in [0.5, 0.6) is 0 Å². The number of nitrogens with zero attached hydrogens (tertiary/aromatic N) is 12. The molecular weight excluding hydrogens is 1720 g/mol. The van der Waals surface area contributed by atoms with Crippen LogP contribution in [0.2, 0.25) is 0 Å². The molecule has 0 saturated heterocycles. The third-order valence-corrected chi connectivity index (χ3v) is 22.3. The first-order valence-corrected chi connectivity index (χ1v) is 46.2. The fourth-order valence-corrected chi connectivity index (χ4v) is 13.6. The van der Waals surface area contributed by atoms with Gasteiger partial charge in [-0.05, 0) is 181 Å². The van der Waals surface area contributed by atoms with Crippen LogP contribution in [0.15, 0.2) is 97.1 Å². The van der Waals surface area contributed by atoms with Gasteiger partial charge in [-0.3, -0.25) is 18.7 Å². The SMILES string of the molecule is CCC(C)COC(=O)OCO/C(=C(/C#N)c1ccc(C(C)(C)C)cc1)c1c(C)c(C)nn1CC.CCCC(C)OC(=O)OCO/C(=C(/C#N)c1ccc(C(C)(C)C)cc1)c1c(C)c(C)nn1CC.CCn1nc(C)c(C)c1/C(OCOC(=O)OCCC(C)C)=C(\C#N)c1ccc(C(C)(C)C)cc1.CCn1nc(C)c(C)c1/C(OCOC(=O)OCCCl)=C(\C#N)c1ccc(C(C)(C)C)cc1. The molecule has 0 fully saturated rings. The Morgan fingerprint density at radius 3 is 0.813 bits per heavy atom. The van der Waals surface area contributed by atoms with E-state index in [1.165, 1.54) is 0 Å². The predicted octanol–water partition coefficient (Wildman–Crippen LogP) is 24.9. The average molecular weight is 1860 g/mol. The molecule has 0 spiro atoms. The summed E-state index contributed by atoms with van der Waals surface area (Å²) in [5.41, 5.74) is 18.4. The number of carbonyl (C=O) groups is 4. The molecule has 0 saturated carbocycles. The molecule has 2 unspecified atom stereocenters. The maximum absolute atomic E-state index is 12.1. The van der Waals surface area contributed by atoms with Gasteiger partial charge in [-0.15, -0.1) is 11.6 Å². The molecule has 0 N–H and O–H groups in total. The lowest BCUT2D eigenvalue weighted by Gasteiger charge is -2.20. The largest absolute Gasteiger partial charge is 0.511 e. The zero-order valence-corrected chi connectivity index (χ0v) is 85.3. The second-order valence-electron chi connectivity index (χ2n) is 36.8. The Bertz CT molecular complexity index is 5530. The van der Waals surface area contributed by atoms with Gasteiger partial charge in [0.15, 0.2) is 23.0 Å². The zero-order valence-electron chi connectivity index (χ0n) is 84.6. The number of aromatic nitrogens is 8. The number of halogens is 1. The summed E-state index contributed by atoms with van der Waals surface area (Å²) in [4.78, 5) is 47.7. The van der Waals surface area contributed by atoms with Crippen molar-refractivity contribution in [3.63, 3.8) is 0 Å². The molecule has 8 rings (SSSR count). The fourth-order valence-electron chi connectivity index (χ4n) is 13.5. The van der Waals surface area contributed by atoms with E-state index in [1.54, 1.807) is 18.7 Å². The quantitative estimate of drug-likeness (QED) is 0.00889. The minimum Gasteiger partial charge on any atom is -0.454 e. The Morgan fingerprint density at radius 2 is 0.597 bits per heavy atom. The number of allylic oxidation sites excluding steroid dienone is 4. The molecule has 29 heteroatoms. The Kier molecular flexibility index (Phi) is 43.9. The molecule has 28 nitrogen and oxygen atoms in total. The molecular formula is C105H141ClN12O16. The Balaban J connectivity index is 0.000000316. The highest BCUT2D eigenvalue weighted by Gasteiger charge is 2.30. The molecule has 2 atom stereocenters. The lowest BCUT2D eigenvalue weighted by atomic mass is 9.86. The minimum absolute atomic E-state index is 0.00726. The van der Waals surface area contributed by atoms with E-state index in [-0.39, 0.29) is 79.8 Å². The molecule has 724 valence electrons. The first kappa shape index (κ1) is 112. The van der Waals surface area contributed by atoms with Crippen LogP contribution >= 0.6 is 11.6 Å². The fraction of sp³-hybridized carbons (Fsp3) is 0.505. The van der Waals surface area contributed by atoms with Crippen LogP contribution in [0.4, 0.5) is 19.2 Å². The third-order valence-electron chi connectivity index (χ3n) is 22.2. The summed E-state index contributed by atoms with van der Waals surface area (Å²) >= 11 is 5.51.